The summed E-state index contributed by atoms with van der Waals surface area (Å²) in [5.74, 6) is 3.09. The highest BCUT2D eigenvalue weighted by atomic mass is 127. The molecule has 0 radical (unpaired) electrons. The minimum absolute atomic E-state index is 1.09. The topological polar surface area (TPSA) is 0 Å². The van der Waals surface area contributed by atoms with E-state index in [0.717, 1.165) is 6.42 Å². The van der Waals surface area contributed by atoms with Gasteiger partial charge in [0.2, 0.25) is 0 Å². The molecule has 0 fully saturated rings. The Labute approximate surface area is 90.6 Å². The van der Waals surface area contributed by atoms with Crippen molar-refractivity contribution in [3.8, 4) is 9.85 Å². The van der Waals surface area contributed by atoms with Crippen LogP contribution in [0.25, 0.3) is 0 Å². The van der Waals surface area contributed by atoms with Gasteiger partial charge in [-0.1, -0.05) is 51.4 Å². The maximum absolute atomic E-state index is 3.09. The molecule has 0 bridgehead atoms. The summed E-state index contributed by atoms with van der Waals surface area (Å²) in [5.41, 5.74) is 0. The monoisotopic (exact) mass is 278 g/mol. The number of rotatable bonds is 7. The van der Waals surface area contributed by atoms with E-state index in [4.69, 9.17) is 0 Å². The van der Waals surface area contributed by atoms with Crippen LogP contribution in [0.1, 0.15) is 58.3 Å². The zero-order valence-corrected chi connectivity index (χ0v) is 10.2. The van der Waals surface area contributed by atoms with Gasteiger partial charge >= 0.3 is 0 Å². The van der Waals surface area contributed by atoms with Crippen molar-refractivity contribution in [3.05, 3.63) is 0 Å². The fraction of sp³-hybridized carbons (Fsp3) is 0.818. The van der Waals surface area contributed by atoms with E-state index < -0.39 is 0 Å². The number of halogens is 1. The Balaban J connectivity index is 2.84. The fourth-order valence-corrected chi connectivity index (χ4v) is 1.49. The fourth-order valence-electron chi connectivity index (χ4n) is 1.22. The molecule has 0 aliphatic heterocycles. The van der Waals surface area contributed by atoms with Crippen molar-refractivity contribution in [1.29, 1.82) is 0 Å². The molecule has 0 nitrogen and oxygen atoms in total. The maximum Gasteiger partial charge on any atom is 0.0181 e. The van der Waals surface area contributed by atoms with Gasteiger partial charge in [-0.15, -0.1) is 0 Å². The van der Waals surface area contributed by atoms with Crippen LogP contribution in [-0.4, -0.2) is 0 Å². The van der Waals surface area contributed by atoms with Gasteiger partial charge in [-0.2, -0.15) is 0 Å². The smallest absolute Gasteiger partial charge is 0.0181 e. The lowest BCUT2D eigenvalue weighted by Crippen LogP contribution is -1.78. The molecule has 0 aromatic carbocycles. The molecule has 0 aromatic heterocycles. The average Bonchev–Trinajstić information content (AvgIpc) is 2.10. The second-order valence-electron chi connectivity index (χ2n) is 3.14. The highest BCUT2D eigenvalue weighted by molar-refractivity contribution is 14.1. The Morgan fingerprint density at radius 2 is 1.50 bits per heavy atom. The molecule has 1 heteroatoms. The summed E-state index contributed by atoms with van der Waals surface area (Å²) >= 11 is 2.11. The van der Waals surface area contributed by atoms with Crippen LogP contribution in [-0.2, 0) is 0 Å². The molecule has 0 aliphatic rings. The van der Waals surface area contributed by atoms with E-state index in [1.807, 2.05) is 0 Å². The van der Waals surface area contributed by atoms with Crippen molar-refractivity contribution < 1.29 is 0 Å². The summed E-state index contributed by atoms with van der Waals surface area (Å²) in [6.45, 7) is 2.26. The van der Waals surface area contributed by atoms with Crippen LogP contribution >= 0.6 is 22.6 Å². The molecule has 0 saturated heterocycles. The van der Waals surface area contributed by atoms with Gasteiger partial charge in [-0.05, 0) is 10.3 Å². The third-order valence-electron chi connectivity index (χ3n) is 1.97. The Bertz CT molecular complexity index is 130. The van der Waals surface area contributed by atoms with Gasteiger partial charge in [0, 0.05) is 29.0 Å². The quantitative estimate of drug-likeness (QED) is 0.365. The van der Waals surface area contributed by atoms with Crippen molar-refractivity contribution in [2.75, 3.05) is 0 Å². The van der Waals surface area contributed by atoms with E-state index >= 15 is 0 Å². The predicted octanol–water partition coefficient (Wildman–Crippen LogP) is 4.52. The molecule has 0 N–H and O–H groups in total. The Hall–Kier alpha value is 0.290. The van der Waals surface area contributed by atoms with E-state index in [0.29, 0.717) is 0 Å². The van der Waals surface area contributed by atoms with Crippen molar-refractivity contribution >= 4 is 22.6 Å². The lowest BCUT2D eigenvalue weighted by atomic mass is 10.1. The third kappa shape index (κ3) is 10.3. The zero-order chi connectivity index (χ0) is 9.07. The summed E-state index contributed by atoms with van der Waals surface area (Å²) in [6.07, 6.45) is 10.8. The van der Waals surface area contributed by atoms with Gasteiger partial charge in [0.25, 0.3) is 0 Å². The summed E-state index contributed by atoms with van der Waals surface area (Å²) in [4.78, 5) is 0. The molecule has 0 aliphatic carbocycles. The minimum Gasteiger partial charge on any atom is -0.0919 e. The highest BCUT2D eigenvalue weighted by Crippen LogP contribution is 2.07. The Kier molecular flexibility index (Phi) is 11.6. The molecule has 70 valence electrons. The van der Waals surface area contributed by atoms with Gasteiger partial charge in [0.05, 0.1) is 0 Å². The van der Waals surface area contributed by atoms with E-state index in [1.54, 1.807) is 0 Å². The van der Waals surface area contributed by atoms with Crippen molar-refractivity contribution in [1.82, 2.24) is 0 Å². The van der Waals surface area contributed by atoms with Crippen LogP contribution in [0.5, 0.6) is 0 Å². The molecule has 12 heavy (non-hydrogen) atoms. The molecule has 0 amide bonds. The second kappa shape index (κ2) is 11.3. The second-order valence-corrected chi connectivity index (χ2v) is 3.68. The first-order valence-corrected chi connectivity index (χ1v) is 6.08. The van der Waals surface area contributed by atoms with Crippen LogP contribution < -0.4 is 0 Å². The number of unbranched alkanes of at least 4 members (excludes halogenated alkanes) is 7. The van der Waals surface area contributed by atoms with Crippen LogP contribution in [0.2, 0.25) is 0 Å². The highest BCUT2D eigenvalue weighted by Gasteiger charge is 1.88. The van der Waals surface area contributed by atoms with Gasteiger partial charge in [-0.3, -0.25) is 0 Å². The molecular weight excluding hydrogens is 259 g/mol. The summed E-state index contributed by atoms with van der Waals surface area (Å²) in [7, 11) is 0. The first-order chi connectivity index (χ1) is 5.91. The van der Waals surface area contributed by atoms with Gasteiger partial charge in [-0.25, -0.2) is 0 Å². The van der Waals surface area contributed by atoms with E-state index in [-0.39, 0.29) is 0 Å². The lowest BCUT2D eigenvalue weighted by molar-refractivity contribution is 0.594. The van der Waals surface area contributed by atoms with Crippen molar-refractivity contribution in [2.24, 2.45) is 0 Å². The average molecular weight is 278 g/mol. The summed E-state index contributed by atoms with van der Waals surface area (Å²) in [5, 5.41) is 0. The molecule has 0 atom stereocenters. The van der Waals surface area contributed by atoms with Crippen LogP contribution in [0, 0.1) is 9.85 Å². The minimum atomic E-state index is 1.09. The molecule has 0 aromatic rings. The number of hydrogen-bond donors (Lipinski definition) is 0. The van der Waals surface area contributed by atoms with Crippen LogP contribution in [0.15, 0.2) is 0 Å². The first-order valence-electron chi connectivity index (χ1n) is 5.00. The third-order valence-corrected chi connectivity index (χ3v) is 2.35. The molecule has 0 saturated carbocycles. The van der Waals surface area contributed by atoms with Gasteiger partial charge < -0.3 is 0 Å². The molecule has 0 spiro atoms. The summed E-state index contributed by atoms with van der Waals surface area (Å²) < 4.78 is 2.90. The largest absolute Gasteiger partial charge is 0.0919 e. The normalized spacial score (nSPS) is 9.17. The number of hydrogen-bond acceptors (Lipinski definition) is 0. The van der Waals surface area contributed by atoms with Gasteiger partial charge in [0.15, 0.2) is 0 Å². The maximum atomic E-state index is 3.09. The van der Waals surface area contributed by atoms with E-state index in [1.165, 1.54) is 44.9 Å². The zero-order valence-electron chi connectivity index (χ0n) is 8.03. The standard InChI is InChI=1S/C11H19I/c1-2-3-4-5-6-7-8-9-10-11-12/h2-9H2,1H3. The molecular formula is C11H19I. The molecule has 0 rings (SSSR count). The van der Waals surface area contributed by atoms with Gasteiger partial charge in [0.1, 0.15) is 0 Å². The van der Waals surface area contributed by atoms with Crippen molar-refractivity contribution in [2.45, 2.75) is 58.3 Å². The SMILES string of the molecule is CCCCCCCCCC#CI. The summed E-state index contributed by atoms with van der Waals surface area (Å²) in [6, 6.07) is 0. The van der Waals surface area contributed by atoms with Crippen LogP contribution in [0.3, 0.4) is 0 Å². The van der Waals surface area contributed by atoms with E-state index in [9.17, 15) is 0 Å². The first kappa shape index (κ1) is 12.3. The van der Waals surface area contributed by atoms with E-state index in [2.05, 4.69) is 39.4 Å². The molecule has 0 unspecified atom stereocenters. The van der Waals surface area contributed by atoms with Crippen LogP contribution in [0.4, 0.5) is 0 Å². The predicted molar refractivity (Wildman–Crippen MR) is 64.4 cm³/mol. The van der Waals surface area contributed by atoms with Crippen molar-refractivity contribution in [3.63, 3.8) is 0 Å². The Morgan fingerprint density at radius 1 is 0.917 bits per heavy atom. The Morgan fingerprint density at radius 3 is 2.08 bits per heavy atom. The molecule has 0 heterocycles. The lowest BCUT2D eigenvalue weighted by Gasteiger charge is -1.97.